The van der Waals surface area contributed by atoms with E-state index in [1.165, 1.54) is 24.9 Å². The minimum absolute atomic E-state index is 0. The molecule has 0 fully saturated rings. The second kappa shape index (κ2) is 6.20. The Morgan fingerprint density at radius 3 is 1.62 bits per heavy atom. The molecule has 80 valence electrons. The summed E-state index contributed by atoms with van der Waals surface area (Å²) in [6.07, 6.45) is 16.3. The van der Waals surface area contributed by atoms with Crippen LogP contribution < -0.4 is 29.6 Å². The molecule has 0 saturated carbocycles. The molecule has 0 saturated heterocycles. The minimum Gasteiger partial charge on any atom is -0.0809 e. The van der Waals surface area contributed by atoms with Crippen LogP contribution in [0.1, 0.15) is 26.7 Å². The molecule has 16 heavy (non-hydrogen) atoms. The third kappa shape index (κ3) is 2.38. The molecule has 2 rings (SSSR count). The Balaban J connectivity index is 0.00000128. The summed E-state index contributed by atoms with van der Waals surface area (Å²) in [5.74, 6) is 0. The number of allylic oxidation sites excluding steroid dienone is 8. The van der Waals surface area contributed by atoms with Crippen LogP contribution in [0.25, 0.3) is 0 Å². The first-order chi connectivity index (χ1) is 7.33. The smallest absolute Gasteiger partial charge is 0.0809 e. The van der Waals surface area contributed by atoms with E-state index in [2.05, 4.69) is 50.3 Å². The summed E-state index contributed by atoms with van der Waals surface area (Å²) < 4.78 is 0. The Kier molecular flexibility index (Phi) is 5.52. The third-order valence-corrected chi connectivity index (χ3v) is 9.59. The van der Waals surface area contributed by atoms with Crippen molar-refractivity contribution in [2.24, 2.45) is 0 Å². The molecule has 0 bridgehead atoms. The van der Waals surface area contributed by atoms with Crippen molar-refractivity contribution < 1.29 is 29.6 Å². The standard InChI is InChI=1S/C14H20Si.Na/c1-3-15(4-2,13-9-5-6-10-13)14-11-7-8-12-14;/h5-9,11H,3-4,10,12H2,1-2H3;/q;+1. The Labute approximate surface area is 123 Å². The van der Waals surface area contributed by atoms with Gasteiger partial charge >= 0.3 is 29.6 Å². The van der Waals surface area contributed by atoms with Crippen LogP contribution >= 0.6 is 0 Å². The second-order valence-corrected chi connectivity index (χ2v) is 9.30. The molecule has 0 heterocycles. The molecule has 2 heteroatoms. The largest absolute Gasteiger partial charge is 1.00 e. The molecule has 0 aromatic rings. The van der Waals surface area contributed by atoms with E-state index in [9.17, 15) is 0 Å². The zero-order chi connectivity index (χ0) is 10.7. The van der Waals surface area contributed by atoms with Crippen LogP contribution in [-0.2, 0) is 0 Å². The number of rotatable bonds is 4. The van der Waals surface area contributed by atoms with Gasteiger partial charge in [-0.25, -0.2) is 0 Å². The third-order valence-electron chi connectivity index (χ3n) is 3.98. The van der Waals surface area contributed by atoms with Crippen molar-refractivity contribution in [3.05, 3.63) is 46.8 Å². The van der Waals surface area contributed by atoms with Gasteiger partial charge in [0.25, 0.3) is 0 Å². The molecule has 0 aromatic carbocycles. The fourth-order valence-electron chi connectivity index (χ4n) is 2.97. The van der Waals surface area contributed by atoms with Crippen molar-refractivity contribution in [3.63, 3.8) is 0 Å². The molecular weight excluding hydrogens is 219 g/mol. The average Bonchev–Trinajstić information content (AvgIpc) is 2.92. The van der Waals surface area contributed by atoms with Crippen LogP contribution in [0.2, 0.25) is 12.1 Å². The maximum Gasteiger partial charge on any atom is 1.00 e. The zero-order valence-corrected chi connectivity index (χ0v) is 13.8. The van der Waals surface area contributed by atoms with Gasteiger partial charge in [-0.05, 0) is 12.8 Å². The summed E-state index contributed by atoms with van der Waals surface area (Å²) in [5.41, 5.74) is 0. The van der Waals surface area contributed by atoms with Gasteiger partial charge in [-0.3, -0.25) is 0 Å². The first-order valence-corrected chi connectivity index (χ1v) is 8.47. The molecule has 0 radical (unpaired) electrons. The van der Waals surface area contributed by atoms with Crippen LogP contribution in [0.5, 0.6) is 0 Å². The van der Waals surface area contributed by atoms with Crippen molar-refractivity contribution in [1.29, 1.82) is 0 Å². The van der Waals surface area contributed by atoms with E-state index < -0.39 is 8.07 Å². The van der Waals surface area contributed by atoms with Crippen LogP contribution in [0.3, 0.4) is 0 Å². The topological polar surface area (TPSA) is 0 Å². The summed E-state index contributed by atoms with van der Waals surface area (Å²) in [6.45, 7) is 4.77. The Morgan fingerprint density at radius 2 is 1.38 bits per heavy atom. The summed E-state index contributed by atoms with van der Waals surface area (Å²) >= 11 is 0. The molecular formula is C14H20NaSi+. The molecule has 0 unspecified atom stereocenters. The van der Waals surface area contributed by atoms with Gasteiger partial charge in [0, 0.05) is 0 Å². The molecule has 0 amide bonds. The van der Waals surface area contributed by atoms with Crippen molar-refractivity contribution in [1.82, 2.24) is 0 Å². The molecule has 2 aliphatic rings. The number of hydrogen-bond donors (Lipinski definition) is 0. The summed E-state index contributed by atoms with van der Waals surface area (Å²) in [5, 5.41) is 3.50. The summed E-state index contributed by atoms with van der Waals surface area (Å²) in [6, 6.07) is 2.73. The molecule has 0 N–H and O–H groups in total. The zero-order valence-electron chi connectivity index (χ0n) is 10.8. The second-order valence-electron chi connectivity index (χ2n) is 4.44. The first kappa shape index (κ1) is 14.2. The molecule has 0 spiro atoms. The monoisotopic (exact) mass is 239 g/mol. The minimum atomic E-state index is -1.28. The summed E-state index contributed by atoms with van der Waals surface area (Å²) in [4.78, 5) is 0. The van der Waals surface area contributed by atoms with Gasteiger partial charge in [-0.1, -0.05) is 72.8 Å². The van der Waals surface area contributed by atoms with Crippen LogP contribution in [0.15, 0.2) is 46.8 Å². The van der Waals surface area contributed by atoms with Gasteiger partial charge in [-0.2, -0.15) is 0 Å². The fraction of sp³-hybridized carbons (Fsp3) is 0.429. The van der Waals surface area contributed by atoms with Gasteiger partial charge in [0.05, 0.1) is 0 Å². The molecule has 2 aliphatic carbocycles. The van der Waals surface area contributed by atoms with Crippen molar-refractivity contribution in [2.45, 2.75) is 38.8 Å². The maximum absolute atomic E-state index is 2.39. The molecule has 0 aromatic heterocycles. The van der Waals surface area contributed by atoms with Crippen molar-refractivity contribution in [2.75, 3.05) is 0 Å². The van der Waals surface area contributed by atoms with Gasteiger partial charge < -0.3 is 0 Å². The molecule has 0 aliphatic heterocycles. The number of hydrogen-bond acceptors (Lipinski definition) is 0. The first-order valence-electron chi connectivity index (χ1n) is 6.06. The van der Waals surface area contributed by atoms with E-state index in [4.69, 9.17) is 0 Å². The van der Waals surface area contributed by atoms with Crippen molar-refractivity contribution >= 4 is 8.07 Å². The predicted octanol–water partition coefficient (Wildman–Crippen LogP) is 1.33. The quantitative estimate of drug-likeness (QED) is 0.649. The molecule has 0 nitrogen and oxygen atoms in total. The van der Waals surface area contributed by atoms with Gasteiger partial charge in [0.2, 0.25) is 0 Å². The van der Waals surface area contributed by atoms with E-state index >= 15 is 0 Å². The fourth-order valence-corrected chi connectivity index (χ4v) is 7.55. The SMILES string of the molecule is CC[Si](CC)(C1=CC=CC1)C1=CC=CC1.[Na+]. The van der Waals surface area contributed by atoms with E-state index in [0.717, 1.165) is 0 Å². The van der Waals surface area contributed by atoms with Crippen LogP contribution in [0.4, 0.5) is 0 Å². The normalized spacial score (nSPS) is 18.4. The van der Waals surface area contributed by atoms with Gasteiger partial charge in [0.1, 0.15) is 8.07 Å². The summed E-state index contributed by atoms with van der Waals surface area (Å²) in [7, 11) is -1.28. The van der Waals surface area contributed by atoms with E-state index in [1.807, 2.05) is 0 Å². The predicted molar refractivity (Wildman–Crippen MR) is 70.4 cm³/mol. The Morgan fingerprint density at radius 1 is 0.938 bits per heavy atom. The van der Waals surface area contributed by atoms with Crippen LogP contribution in [0, 0.1) is 0 Å². The van der Waals surface area contributed by atoms with E-state index in [1.54, 1.807) is 10.4 Å². The average molecular weight is 239 g/mol. The van der Waals surface area contributed by atoms with Crippen molar-refractivity contribution in [3.8, 4) is 0 Å². The van der Waals surface area contributed by atoms with E-state index in [0.29, 0.717) is 0 Å². The maximum atomic E-state index is 2.39. The van der Waals surface area contributed by atoms with Gasteiger partial charge in [0.15, 0.2) is 0 Å². The molecule has 0 atom stereocenters. The Hall–Kier alpha value is 0.177. The Bertz CT molecular complexity index is 325. The van der Waals surface area contributed by atoms with Gasteiger partial charge in [-0.15, -0.1) is 0 Å². The van der Waals surface area contributed by atoms with Crippen LogP contribution in [-0.4, -0.2) is 8.07 Å². The van der Waals surface area contributed by atoms with E-state index in [-0.39, 0.29) is 29.6 Å².